The molecule has 5 nitrogen and oxygen atoms in total. The summed E-state index contributed by atoms with van der Waals surface area (Å²) in [6.07, 6.45) is 5.89. The van der Waals surface area contributed by atoms with Crippen molar-refractivity contribution in [3.05, 3.63) is 29.3 Å². The lowest BCUT2D eigenvalue weighted by Crippen LogP contribution is -2.43. The van der Waals surface area contributed by atoms with Gasteiger partial charge in [-0.1, -0.05) is 19.1 Å². The second kappa shape index (κ2) is 11.7. The maximum Gasteiger partial charge on any atom is 0.190 e. The standard InChI is InChI=1S/C21H34N4O.HI/c1-3-11-25-12-7-18(8-13-25)16-24-21(22-2)23-10-6-17-4-5-20-19(15-17)9-14-26-20;/h4-5,15,18H,3,6-14,16H2,1-2H3,(H2,22,23,24);1H. The molecule has 1 saturated heterocycles. The van der Waals surface area contributed by atoms with Crippen LogP contribution in [0.3, 0.4) is 0 Å². The molecule has 1 aromatic carbocycles. The minimum Gasteiger partial charge on any atom is -0.493 e. The fourth-order valence-corrected chi connectivity index (χ4v) is 3.91. The van der Waals surface area contributed by atoms with Crippen molar-refractivity contribution in [2.45, 2.75) is 39.0 Å². The maximum atomic E-state index is 5.58. The first-order chi connectivity index (χ1) is 12.8. The molecule has 6 heteroatoms. The number of benzene rings is 1. The Bertz CT molecular complexity index is 600. The normalized spacial score (nSPS) is 17.8. The second-order valence-electron chi connectivity index (χ2n) is 7.46. The molecule has 0 bridgehead atoms. The Labute approximate surface area is 181 Å². The topological polar surface area (TPSA) is 48.9 Å². The van der Waals surface area contributed by atoms with Crippen LogP contribution in [0.1, 0.15) is 37.3 Å². The first-order valence-electron chi connectivity index (χ1n) is 10.2. The molecule has 0 aromatic heterocycles. The Hall–Kier alpha value is -1.02. The van der Waals surface area contributed by atoms with Gasteiger partial charge >= 0.3 is 0 Å². The zero-order valence-electron chi connectivity index (χ0n) is 16.8. The minimum atomic E-state index is 0. The predicted octanol–water partition coefficient (Wildman–Crippen LogP) is 3.07. The molecule has 0 radical (unpaired) electrons. The fourth-order valence-electron chi connectivity index (χ4n) is 3.91. The molecular formula is C21H35IN4O. The van der Waals surface area contributed by atoms with Gasteiger partial charge in [-0.15, -0.1) is 24.0 Å². The average molecular weight is 486 g/mol. The number of hydrogen-bond donors (Lipinski definition) is 2. The van der Waals surface area contributed by atoms with Crippen LogP contribution in [-0.4, -0.2) is 57.2 Å². The number of nitrogens with zero attached hydrogens (tertiary/aromatic N) is 2. The smallest absolute Gasteiger partial charge is 0.190 e. The molecule has 2 aliphatic heterocycles. The Kier molecular flexibility index (Phi) is 9.68. The van der Waals surface area contributed by atoms with Crippen LogP contribution in [0, 0.1) is 5.92 Å². The Morgan fingerprint density at radius 1 is 1.26 bits per heavy atom. The van der Waals surface area contributed by atoms with Crippen molar-refractivity contribution in [3.63, 3.8) is 0 Å². The summed E-state index contributed by atoms with van der Waals surface area (Å²) in [6, 6.07) is 6.56. The van der Waals surface area contributed by atoms with Gasteiger partial charge in [-0.05, 0) is 68.4 Å². The van der Waals surface area contributed by atoms with E-state index in [-0.39, 0.29) is 24.0 Å². The SMILES string of the molecule is CCCN1CCC(CNC(=NC)NCCc2ccc3c(c2)CCO3)CC1.I. The maximum absolute atomic E-state index is 5.58. The quantitative estimate of drug-likeness (QED) is 0.354. The number of aliphatic imine (C=N–C) groups is 1. The van der Waals surface area contributed by atoms with E-state index >= 15 is 0 Å². The van der Waals surface area contributed by atoms with Crippen LogP contribution in [0.4, 0.5) is 0 Å². The van der Waals surface area contributed by atoms with E-state index in [4.69, 9.17) is 4.74 Å². The number of fused-ring (bicyclic) bond motifs is 1. The Morgan fingerprint density at radius 2 is 2.07 bits per heavy atom. The largest absolute Gasteiger partial charge is 0.493 e. The predicted molar refractivity (Wildman–Crippen MR) is 124 cm³/mol. The van der Waals surface area contributed by atoms with Gasteiger partial charge in [0.25, 0.3) is 0 Å². The molecule has 2 aliphatic rings. The molecule has 0 atom stereocenters. The molecule has 152 valence electrons. The molecular weight excluding hydrogens is 451 g/mol. The van der Waals surface area contributed by atoms with Gasteiger partial charge in [0.15, 0.2) is 5.96 Å². The molecule has 2 heterocycles. The highest BCUT2D eigenvalue weighted by Crippen LogP contribution is 2.25. The number of rotatable bonds is 7. The third-order valence-electron chi connectivity index (χ3n) is 5.49. The number of likely N-dealkylation sites (tertiary alicyclic amines) is 1. The number of nitrogens with one attached hydrogen (secondary N) is 2. The van der Waals surface area contributed by atoms with Gasteiger partial charge in [0.05, 0.1) is 6.61 Å². The minimum absolute atomic E-state index is 0. The third kappa shape index (κ3) is 6.82. The van der Waals surface area contributed by atoms with Gasteiger partial charge in [0.2, 0.25) is 0 Å². The zero-order valence-corrected chi connectivity index (χ0v) is 19.1. The number of guanidine groups is 1. The summed E-state index contributed by atoms with van der Waals surface area (Å²) < 4.78 is 5.58. The summed E-state index contributed by atoms with van der Waals surface area (Å²) in [5.74, 6) is 2.74. The Morgan fingerprint density at radius 3 is 2.81 bits per heavy atom. The molecule has 0 unspecified atom stereocenters. The highest BCUT2D eigenvalue weighted by Gasteiger charge is 2.18. The lowest BCUT2D eigenvalue weighted by molar-refractivity contribution is 0.185. The van der Waals surface area contributed by atoms with E-state index in [9.17, 15) is 0 Å². The molecule has 0 saturated carbocycles. The molecule has 3 rings (SSSR count). The Balaban J connectivity index is 0.00000261. The molecule has 1 fully saturated rings. The molecule has 0 aliphatic carbocycles. The van der Waals surface area contributed by atoms with Gasteiger partial charge in [-0.3, -0.25) is 4.99 Å². The van der Waals surface area contributed by atoms with Crippen molar-refractivity contribution in [1.29, 1.82) is 0 Å². The van der Waals surface area contributed by atoms with E-state index in [1.807, 2.05) is 7.05 Å². The second-order valence-corrected chi connectivity index (χ2v) is 7.46. The van der Waals surface area contributed by atoms with E-state index in [0.29, 0.717) is 0 Å². The van der Waals surface area contributed by atoms with Crippen LogP contribution in [0.5, 0.6) is 5.75 Å². The third-order valence-corrected chi connectivity index (χ3v) is 5.49. The molecule has 2 N–H and O–H groups in total. The van der Waals surface area contributed by atoms with Gasteiger partial charge < -0.3 is 20.3 Å². The summed E-state index contributed by atoms with van der Waals surface area (Å²) in [4.78, 5) is 6.96. The van der Waals surface area contributed by atoms with Crippen LogP contribution in [0.2, 0.25) is 0 Å². The first kappa shape index (κ1) is 22.3. The van der Waals surface area contributed by atoms with Crippen LogP contribution >= 0.6 is 24.0 Å². The number of halogens is 1. The summed E-state index contributed by atoms with van der Waals surface area (Å²) in [5, 5.41) is 6.97. The van der Waals surface area contributed by atoms with Crippen molar-refractivity contribution >= 4 is 29.9 Å². The summed E-state index contributed by atoms with van der Waals surface area (Å²) in [5.41, 5.74) is 2.71. The van der Waals surface area contributed by atoms with Crippen LogP contribution in [-0.2, 0) is 12.8 Å². The number of ether oxygens (including phenoxy) is 1. The van der Waals surface area contributed by atoms with E-state index in [1.165, 1.54) is 50.0 Å². The number of piperidine rings is 1. The van der Waals surface area contributed by atoms with Crippen molar-refractivity contribution in [1.82, 2.24) is 15.5 Å². The zero-order chi connectivity index (χ0) is 18.2. The summed E-state index contributed by atoms with van der Waals surface area (Å²) in [6.45, 7) is 8.75. The van der Waals surface area contributed by atoms with Gasteiger partial charge in [-0.25, -0.2) is 0 Å². The highest BCUT2D eigenvalue weighted by molar-refractivity contribution is 14.0. The monoisotopic (exact) mass is 486 g/mol. The van der Waals surface area contributed by atoms with Gasteiger partial charge in [0.1, 0.15) is 5.75 Å². The molecule has 0 spiro atoms. The highest BCUT2D eigenvalue weighted by atomic mass is 127. The lowest BCUT2D eigenvalue weighted by atomic mass is 9.97. The molecule has 27 heavy (non-hydrogen) atoms. The van der Waals surface area contributed by atoms with Crippen LogP contribution in [0.15, 0.2) is 23.2 Å². The van der Waals surface area contributed by atoms with Gasteiger partial charge in [0, 0.05) is 26.6 Å². The molecule has 1 aromatic rings. The van der Waals surface area contributed by atoms with Crippen molar-refractivity contribution in [3.8, 4) is 5.75 Å². The number of hydrogen-bond acceptors (Lipinski definition) is 3. The lowest BCUT2D eigenvalue weighted by Gasteiger charge is -2.32. The van der Waals surface area contributed by atoms with Crippen LogP contribution < -0.4 is 15.4 Å². The van der Waals surface area contributed by atoms with E-state index in [2.05, 4.69) is 45.6 Å². The van der Waals surface area contributed by atoms with E-state index < -0.39 is 0 Å². The van der Waals surface area contributed by atoms with Crippen molar-refractivity contribution in [2.24, 2.45) is 10.9 Å². The van der Waals surface area contributed by atoms with E-state index in [0.717, 1.165) is 50.2 Å². The van der Waals surface area contributed by atoms with Crippen LogP contribution in [0.25, 0.3) is 0 Å². The fraction of sp³-hybridized carbons (Fsp3) is 0.667. The van der Waals surface area contributed by atoms with Gasteiger partial charge in [-0.2, -0.15) is 0 Å². The van der Waals surface area contributed by atoms with Crippen molar-refractivity contribution < 1.29 is 4.74 Å². The average Bonchev–Trinajstić information content (AvgIpc) is 3.14. The first-order valence-corrected chi connectivity index (χ1v) is 10.2. The summed E-state index contributed by atoms with van der Waals surface area (Å²) >= 11 is 0. The van der Waals surface area contributed by atoms with Crippen molar-refractivity contribution in [2.75, 3.05) is 46.4 Å². The summed E-state index contributed by atoms with van der Waals surface area (Å²) in [7, 11) is 1.85. The van der Waals surface area contributed by atoms with E-state index in [1.54, 1.807) is 0 Å². The molecule has 0 amide bonds.